The van der Waals surface area contributed by atoms with Gasteiger partial charge in [-0.25, -0.2) is 18.4 Å². The molecule has 1 heterocycles. The minimum atomic E-state index is -1.43. The van der Waals surface area contributed by atoms with Crippen molar-refractivity contribution in [2.24, 2.45) is 0 Å². The van der Waals surface area contributed by atoms with Gasteiger partial charge in [0.15, 0.2) is 5.57 Å². The second-order valence-corrected chi connectivity index (χ2v) is 11.2. The molecule has 0 radical (unpaired) electrons. The minimum absolute atomic E-state index is 0.0333. The summed E-state index contributed by atoms with van der Waals surface area (Å²) in [6.07, 6.45) is 11.4. The van der Waals surface area contributed by atoms with E-state index in [1.54, 1.807) is 0 Å². The standard InChI is InChI=1S/C33H44F2N2O4/c1-5-7-9-11-13-23-15-17-24(18-16-23)21-26(14-12-10-8-6-2)36-30(37-28-20-19-25(34)22-27(28)35)29-31(38)40-33(3,4)41-32(29)39/h15-20,22,26,36-37H,5-14,21H2,1-4H3. The molecule has 0 aliphatic carbocycles. The normalized spacial score (nSPS) is 15.2. The van der Waals surface area contributed by atoms with Crippen molar-refractivity contribution in [2.75, 3.05) is 5.32 Å². The number of halogens is 2. The van der Waals surface area contributed by atoms with Crippen LogP contribution in [0.4, 0.5) is 14.5 Å². The maximum atomic E-state index is 14.7. The van der Waals surface area contributed by atoms with Crippen LogP contribution >= 0.6 is 0 Å². The van der Waals surface area contributed by atoms with Crippen molar-refractivity contribution in [2.45, 2.75) is 110 Å². The number of esters is 2. The minimum Gasteiger partial charge on any atom is -0.419 e. The fraction of sp³-hybridized carbons (Fsp3) is 0.515. The zero-order valence-corrected chi connectivity index (χ0v) is 24.8. The van der Waals surface area contributed by atoms with Crippen molar-refractivity contribution in [3.05, 3.63) is 76.6 Å². The van der Waals surface area contributed by atoms with Gasteiger partial charge in [0, 0.05) is 26.0 Å². The quantitative estimate of drug-likeness (QED) is 0.0931. The molecular weight excluding hydrogens is 526 g/mol. The van der Waals surface area contributed by atoms with E-state index in [1.807, 2.05) is 0 Å². The molecule has 41 heavy (non-hydrogen) atoms. The van der Waals surface area contributed by atoms with Crippen molar-refractivity contribution >= 4 is 17.6 Å². The van der Waals surface area contributed by atoms with E-state index in [0.29, 0.717) is 6.42 Å². The van der Waals surface area contributed by atoms with Gasteiger partial charge in [-0.15, -0.1) is 0 Å². The monoisotopic (exact) mass is 570 g/mol. The summed E-state index contributed by atoms with van der Waals surface area (Å²) in [6, 6.07) is 11.4. The molecule has 8 heteroatoms. The highest BCUT2D eigenvalue weighted by Gasteiger charge is 2.41. The summed E-state index contributed by atoms with van der Waals surface area (Å²) in [7, 11) is 0. The molecule has 0 amide bonds. The van der Waals surface area contributed by atoms with Gasteiger partial charge in [-0.1, -0.05) is 83.1 Å². The number of hydrogen-bond acceptors (Lipinski definition) is 6. The average molecular weight is 571 g/mol. The number of carbonyl (C=O) groups is 2. The Hall–Kier alpha value is -3.42. The fourth-order valence-electron chi connectivity index (χ4n) is 4.88. The Labute approximate surface area is 242 Å². The first-order chi connectivity index (χ1) is 19.6. The van der Waals surface area contributed by atoms with Crippen molar-refractivity contribution in [3.8, 4) is 0 Å². The van der Waals surface area contributed by atoms with Gasteiger partial charge in [-0.05, 0) is 48.9 Å². The predicted octanol–water partition coefficient (Wildman–Crippen LogP) is 7.72. The maximum Gasteiger partial charge on any atom is 0.352 e. The zero-order chi connectivity index (χ0) is 29.8. The summed E-state index contributed by atoms with van der Waals surface area (Å²) in [4.78, 5) is 26.0. The van der Waals surface area contributed by atoms with E-state index in [1.165, 1.54) is 51.2 Å². The molecule has 6 nitrogen and oxygen atoms in total. The first-order valence-electron chi connectivity index (χ1n) is 14.9. The van der Waals surface area contributed by atoms with Crippen molar-refractivity contribution < 1.29 is 27.8 Å². The molecule has 1 atom stereocenters. The van der Waals surface area contributed by atoms with Crippen molar-refractivity contribution in [1.29, 1.82) is 0 Å². The summed E-state index contributed by atoms with van der Waals surface area (Å²) in [5.41, 5.74) is 1.91. The number of nitrogens with one attached hydrogen (secondary N) is 2. The average Bonchev–Trinajstić information content (AvgIpc) is 2.90. The summed E-state index contributed by atoms with van der Waals surface area (Å²) >= 11 is 0. The second kappa shape index (κ2) is 15.5. The van der Waals surface area contributed by atoms with E-state index >= 15 is 0 Å². The Kier molecular flexibility index (Phi) is 12.2. The lowest BCUT2D eigenvalue weighted by Crippen LogP contribution is -2.45. The lowest BCUT2D eigenvalue weighted by molar-refractivity contribution is -0.222. The Morgan fingerprint density at radius 2 is 1.44 bits per heavy atom. The van der Waals surface area contributed by atoms with Gasteiger partial charge in [-0.3, -0.25) is 0 Å². The summed E-state index contributed by atoms with van der Waals surface area (Å²) in [5.74, 6) is -4.84. The van der Waals surface area contributed by atoms with E-state index < -0.39 is 34.9 Å². The van der Waals surface area contributed by atoms with Crippen LogP contribution in [-0.2, 0) is 31.9 Å². The Morgan fingerprint density at radius 3 is 2.05 bits per heavy atom. The number of rotatable bonds is 16. The van der Waals surface area contributed by atoms with Gasteiger partial charge >= 0.3 is 11.9 Å². The molecule has 3 rings (SSSR count). The largest absolute Gasteiger partial charge is 0.419 e. The molecule has 2 N–H and O–H groups in total. The first-order valence-corrected chi connectivity index (χ1v) is 14.9. The number of benzene rings is 2. The molecule has 1 aliphatic heterocycles. The number of anilines is 1. The van der Waals surface area contributed by atoms with E-state index in [-0.39, 0.29) is 17.6 Å². The fourth-order valence-corrected chi connectivity index (χ4v) is 4.88. The van der Waals surface area contributed by atoms with Crippen LogP contribution in [0.5, 0.6) is 0 Å². The van der Waals surface area contributed by atoms with E-state index in [4.69, 9.17) is 9.47 Å². The van der Waals surface area contributed by atoms with E-state index in [2.05, 4.69) is 48.7 Å². The van der Waals surface area contributed by atoms with Gasteiger partial charge in [-0.2, -0.15) is 0 Å². The zero-order valence-electron chi connectivity index (χ0n) is 24.8. The van der Waals surface area contributed by atoms with Crippen molar-refractivity contribution in [1.82, 2.24) is 5.32 Å². The highest BCUT2D eigenvalue weighted by atomic mass is 19.1. The molecule has 1 saturated heterocycles. The molecular formula is C33H44F2N2O4. The van der Waals surface area contributed by atoms with Crippen LogP contribution in [0.3, 0.4) is 0 Å². The maximum absolute atomic E-state index is 14.7. The molecule has 2 aromatic rings. The molecule has 1 aliphatic rings. The Balaban J connectivity index is 1.88. The van der Waals surface area contributed by atoms with E-state index in [9.17, 15) is 18.4 Å². The third-order valence-corrected chi connectivity index (χ3v) is 7.10. The Morgan fingerprint density at radius 1 is 0.829 bits per heavy atom. The van der Waals surface area contributed by atoms with Gasteiger partial charge < -0.3 is 20.1 Å². The molecule has 0 spiro atoms. The van der Waals surface area contributed by atoms with E-state index in [0.717, 1.165) is 56.2 Å². The number of cyclic esters (lactones) is 2. The molecule has 224 valence electrons. The van der Waals surface area contributed by atoms with Crippen molar-refractivity contribution in [3.63, 3.8) is 0 Å². The molecule has 0 aromatic heterocycles. The lowest BCUT2D eigenvalue weighted by atomic mass is 9.97. The van der Waals surface area contributed by atoms with Gasteiger partial charge in [0.05, 0.1) is 5.69 Å². The van der Waals surface area contributed by atoms with Crippen LogP contribution < -0.4 is 10.6 Å². The molecule has 1 fully saturated rings. The third-order valence-electron chi connectivity index (χ3n) is 7.10. The number of aryl methyl sites for hydroxylation is 1. The SMILES string of the molecule is CCCCCCc1ccc(CC(CCCCCC)NC(Nc2ccc(F)cc2F)=C2C(=O)OC(C)(C)OC2=O)cc1. The van der Waals surface area contributed by atoms with Crippen LogP contribution in [0.1, 0.15) is 96.6 Å². The van der Waals surface area contributed by atoms with Crippen LogP contribution in [0, 0.1) is 11.6 Å². The van der Waals surface area contributed by atoms with Gasteiger partial charge in [0.25, 0.3) is 5.79 Å². The second-order valence-electron chi connectivity index (χ2n) is 11.2. The van der Waals surface area contributed by atoms with Crippen LogP contribution in [0.2, 0.25) is 0 Å². The van der Waals surface area contributed by atoms with Gasteiger partial charge in [0.1, 0.15) is 17.5 Å². The molecule has 2 aromatic carbocycles. The van der Waals surface area contributed by atoms with Gasteiger partial charge in [0.2, 0.25) is 0 Å². The summed E-state index contributed by atoms with van der Waals surface area (Å²) in [6.45, 7) is 7.27. The third kappa shape index (κ3) is 10.2. The summed E-state index contributed by atoms with van der Waals surface area (Å²) < 4.78 is 38.9. The Bertz CT molecular complexity index is 1170. The van der Waals surface area contributed by atoms with Crippen LogP contribution in [0.15, 0.2) is 53.9 Å². The number of hydrogen-bond donors (Lipinski definition) is 2. The highest BCUT2D eigenvalue weighted by molar-refractivity contribution is 6.16. The van der Waals surface area contributed by atoms with Crippen LogP contribution in [-0.4, -0.2) is 23.8 Å². The predicted molar refractivity (Wildman–Crippen MR) is 157 cm³/mol. The summed E-state index contributed by atoms with van der Waals surface area (Å²) in [5, 5.41) is 6.12. The molecule has 0 bridgehead atoms. The molecule has 0 saturated carbocycles. The van der Waals surface area contributed by atoms with Crippen LogP contribution in [0.25, 0.3) is 0 Å². The lowest BCUT2D eigenvalue weighted by Gasteiger charge is -2.32. The topological polar surface area (TPSA) is 76.7 Å². The smallest absolute Gasteiger partial charge is 0.352 e. The highest BCUT2D eigenvalue weighted by Crippen LogP contribution is 2.27. The number of unbranched alkanes of at least 4 members (excludes halogenated alkanes) is 6. The number of carbonyl (C=O) groups excluding carboxylic acids is 2. The molecule has 1 unspecified atom stereocenters. The first kappa shape index (κ1) is 32.1. The number of ether oxygens (including phenoxy) is 2.